The predicted molar refractivity (Wildman–Crippen MR) is 47.1 cm³/mol. The molecule has 0 aliphatic heterocycles. The highest BCUT2D eigenvalue weighted by Gasteiger charge is 2.21. The molecule has 0 saturated heterocycles. The summed E-state index contributed by atoms with van der Waals surface area (Å²) in [6.07, 6.45) is 0. The van der Waals surface area contributed by atoms with Gasteiger partial charge < -0.3 is 0 Å². The van der Waals surface area contributed by atoms with Crippen LogP contribution >= 0.6 is 15.9 Å². The summed E-state index contributed by atoms with van der Waals surface area (Å²) in [5.74, 6) is -1.09. The Morgan fingerprint density at radius 1 is 1.38 bits per heavy atom. The van der Waals surface area contributed by atoms with E-state index in [-0.39, 0.29) is 4.47 Å². The minimum atomic E-state index is -5.00. The molecule has 1 rings (SSSR count). The lowest BCUT2D eigenvalue weighted by Crippen LogP contribution is -1.98. The van der Waals surface area contributed by atoms with E-state index in [0.717, 1.165) is 6.07 Å². The van der Waals surface area contributed by atoms with Crippen molar-refractivity contribution in [1.82, 2.24) is 0 Å². The van der Waals surface area contributed by atoms with Crippen LogP contribution in [0.15, 0.2) is 21.5 Å². The van der Waals surface area contributed by atoms with E-state index in [0.29, 0.717) is 5.56 Å². The molecule has 0 aliphatic rings. The quantitative estimate of drug-likeness (QED) is 0.735. The molecule has 0 radical (unpaired) electrons. The van der Waals surface area contributed by atoms with Crippen LogP contribution < -0.4 is 0 Å². The summed E-state index contributed by atoms with van der Waals surface area (Å²) in [5.41, 5.74) is 0.511. The van der Waals surface area contributed by atoms with Crippen molar-refractivity contribution in [3.05, 3.63) is 28.0 Å². The first-order valence-corrected chi connectivity index (χ1v) is 5.40. The topological polar surface area (TPSA) is 34.1 Å². The van der Waals surface area contributed by atoms with Crippen molar-refractivity contribution in [1.29, 1.82) is 0 Å². The highest BCUT2D eigenvalue weighted by Crippen LogP contribution is 2.27. The van der Waals surface area contributed by atoms with Crippen LogP contribution in [0.25, 0.3) is 0 Å². The second-order valence-corrected chi connectivity index (χ2v) is 4.63. The Kier molecular flexibility index (Phi) is 2.72. The van der Waals surface area contributed by atoms with Gasteiger partial charge in [-0.1, -0.05) is 0 Å². The van der Waals surface area contributed by atoms with Crippen molar-refractivity contribution in [2.75, 3.05) is 0 Å². The van der Waals surface area contributed by atoms with E-state index in [2.05, 4.69) is 15.9 Å². The molecule has 0 spiro atoms. The number of hydrogen-bond donors (Lipinski definition) is 0. The lowest BCUT2D eigenvalue weighted by molar-refractivity contribution is 0.532. The Labute approximate surface area is 82.9 Å². The van der Waals surface area contributed by atoms with Crippen LogP contribution in [0.3, 0.4) is 0 Å². The molecular weight excluding hydrogens is 266 g/mol. The van der Waals surface area contributed by atoms with Crippen LogP contribution in [-0.4, -0.2) is 8.42 Å². The van der Waals surface area contributed by atoms with Crippen LogP contribution in [0.4, 0.5) is 8.28 Å². The number of hydrogen-bond acceptors (Lipinski definition) is 2. The van der Waals surface area contributed by atoms with Gasteiger partial charge in [0.25, 0.3) is 0 Å². The molecule has 0 aliphatic carbocycles. The fourth-order valence-corrected chi connectivity index (χ4v) is 2.63. The molecule has 0 aromatic heterocycles. The Balaban J connectivity index is 3.57. The first-order valence-electron chi connectivity index (χ1n) is 3.22. The highest BCUT2D eigenvalue weighted by atomic mass is 79.9. The first-order chi connectivity index (χ1) is 5.82. The second kappa shape index (κ2) is 3.34. The van der Waals surface area contributed by atoms with Gasteiger partial charge in [0.1, 0.15) is 10.7 Å². The molecule has 1 aromatic rings. The van der Waals surface area contributed by atoms with E-state index in [9.17, 15) is 16.7 Å². The molecule has 0 heterocycles. The Morgan fingerprint density at radius 3 is 2.31 bits per heavy atom. The molecule has 0 amide bonds. The third kappa shape index (κ3) is 2.25. The predicted octanol–water partition coefficient (Wildman–Crippen LogP) is 2.55. The van der Waals surface area contributed by atoms with Crippen molar-refractivity contribution in [3.63, 3.8) is 0 Å². The average Bonchev–Trinajstić information content (AvgIpc) is 1.78. The molecule has 0 fully saturated rings. The fourth-order valence-electron chi connectivity index (χ4n) is 0.920. The summed E-state index contributed by atoms with van der Waals surface area (Å²) < 4.78 is 46.2. The van der Waals surface area contributed by atoms with Gasteiger partial charge in [0.05, 0.1) is 0 Å². The van der Waals surface area contributed by atoms with Gasteiger partial charge >= 0.3 is 10.2 Å². The number of aryl methyl sites for hydroxylation is 1. The molecule has 0 bridgehead atoms. The van der Waals surface area contributed by atoms with Crippen molar-refractivity contribution < 1.29 is 16.7 Å². The summed E-state index contributed by atoms with van der Waals surface area (Å²) in [6.45, 7) is 1.57. The Morgan fingerprint density at radius 2 is 1.92 bits per heavy atom. The summed E-state index contributed by atoms with van der Waals surface area (Å²) in [4.78, 5) is -0.946. The Hall–Kier alpha value is -0.490. The molecule has 0 N–H and O–H groups in total. The third-order valence-corrected chi connectivity index (χ3v) is 3.18. The minimum absolute atomic E-state index is 0.104. The third-order valence-electron chi connectivity index (χ3n) is 1.39. The maximum atomic E-state index is 13.0. The molecule has 0 unspecified atom stereocenters. The average molecular weight is 271 g/mol. The zero-order valence-corrected chi connectivity index (χ0v) is 8.92. The summed E-state index contributed by atoms with van der Waals surface area (Å²) in [7, 11) is -5.00. The Bertz CT molecular complexity index is 419. The smallest absolute Gasteiger partial charge is 0.205 e. The molecule has 6 heteroatoms. The summed E-state index contributed by atoms with van der Waals surface area (Å²) in [5, 5.41) is 0. The maximum absolute atomic E-state index is 13.0. The standard InChI is InChI=1S/C7H5BrF2O2S/c1-4-2-5(8)7(6(9)3-4)13(10,11)12/h2-3H,1H3. The normalized spacial score (nSPS) is 11.7. The van der Waals surface area contributed by atoms with Gasteiger partial charge in [-0.15, -0.1) is 3.89 Å². The SMILES string of the molecule is Cc1cc(F)c(S(=O)(=O)F)c(Br)c1. The fraction of sp³-hybridized carbons (Fsp3) is 0.143. The minimum Gasteiger partial charge on any atom is -0.205 e. The van der Waals surface area contributed by atoms with Crippen molar-refractivity contribution >= 4 is 26.2 Å². The molecule has 1 aromatic carbocycles. The zero-order chi connectivity index (χ0) is 10.2. The van der Waals surface area contributed by atoms with Crippen LogP contribution in [-0.2, 0) is 10.2 Å². The summed E-state index contributed by atoms with van der Waals surface area (Å²) in [6, 6.07) is 2.28. The van der Waals surface area contributed by atoms with Crippen LogP contribution in [0, 0.1) is 12.7 Å². The maximum Gasteiger partial charge on any atom is 0.336 e. The second-order valence-electron chi connectivity index (χ2n) is 2.50. The van der Waals surface area contributed by atoms with Crippen LogP contribution in [0.5, 0.6) is 0 Å². The molecule has 13 heavy (non-hydrogen) atoms. The van der Waals surface area contributed by atoms with Crippen LogP contribution in [0.1, 0.15) is 5.56 Å². The monoisotopic (exact) mass is 270 g/mol. The van der Waals surface area contributed by atoms with E-state index in [4.69, 9.17) is 0 Å². The number of benzene rings is 1. The van der Waals surface area contributed by atoms with Crippen LogP contribution in [0.2, 0.25) is 0 Å². The molecule has 0 atom stereocenters. The zero-order valence-electron chi connectivity index (χ0n) is 6.51. The van der Waals surface area contributed by atoms with Gasteiger partial charge in [-0.3, -0.25) is 0 Å². The van der Waals surface area contributed by atoms with Crippen molar-refractivity contribution in [2.24, 2.45) is 0 Å². The lowest BCUT2D eigenvalue weighted by atomic mass is 10.2. The lowest BCUT2D eigenvalue weighted by Gasteiger charge is -2.02. The van der Waals surface area contributed by atoms with E-state index >= 15 is 0 Å². The molecule has 2 nitrogen and oxygen atoms in total. The van der Waals surface area contributed by atoms with Crippen molar-refractivity contribution in [2.45, 2.75) is 11.8 Å². The van der Waals surface area contributed by atoms with Gasteiger partial charge in [-0.2, -0.15) is 8.42 Å². The largest absolute Gasteiger partial charge is 0.336 e. The molecule has 0 saturated carbocycles. The first kappa shape index (κ1) is 10.6. The van der Waals surface area contributed by atoms with Gasteiger partial charge in [0.2, 0.25) is 0 Å². The summed E-state index contributed by atoms with van der Waals surface area (Å²) >= 11 is 2.77. The van der Waals surface area contributed by atoms with E-state index in [1.54, 1.807) is 6.92 Å². The van der Waals surface area contributed by atoms with Gasteiger partial charge in [-0.05, 0) is 40.5 Å². The van der Waals surface area contributed by atoms with E-state index < -0.39 is 20.9 Å². The van der Waals surface area contributed by atoms with E-state index in [1.165, 1.54) is 6.07 Å². The van der Waals surface area contributed by atoms with Gasteiger partial charge in [-0.25, -0.2) is 4.39 Å². The van der Waals surface area contributed by atoms with Gasteiger partial charge in [0, 0.05) is 4.47 Å². The number of halogens is 3. The van der Waals surface area contributed by atoms with Gasteiger partial charge in [0.15, 0.2) is 0 Å². The molecule has 72 valence electrons. The molecular formula is C7H5BrF2O2S. The van der Waals surface area contributed by atoms with E-state index in [1.807, 2.05) is 0 Å². The number of rotatable bonds is 1. The van der Waals surface area contributed by atoms with Crippen molar-refractivity contribution in [3.8, 4) is 0 Å². The highest BCUT2D eigenvalue weighted by molar-refractivity contribution is 9.10.